The minimum Gasteiger partial charge on any atom is -0.478 e. The van der Waals surface area contributed by atoms with Crippen molar-refractivity contribution in [1.29, 1.82) is 0 Å². The topological polar surface area (TPSA) is 37.3 Å². The number of carboxylic acid groups (broad SMARTS) is 1. The van der Waals surface area contributed by atoms with Gasteiger partial charge in [-0.2, -0.15) is 0 Å². The zero-order chi connectivity index (χ0) is 16.6. The van der Waals surface area contributed by atoms with E-state index >= 15 is 0 Å². The molecule has 0 fully saturated rings. The van der Waals surface area contributed by atoms with Crippen molar-refractivity contribution in [1.82, 2.24) is 0 Å². The first kappa shape index (κ1) is 21.2. The second kappa shape index (κ2) is 15.1. The van der Waals surface area contributed by atoms with Crippen LogP contribution in [0, 0.1) is 0 Å². The van der Waals surface area contributed by atoms with Gasteiger partial charge < -0.3 is 5.11 Å². The number of allylic oxidation sites excluding steroid dienone is 1. The van der Waals surface area contributed by atoms with Gasteiger partial charge in [0.2, 0.25) is 0 Å². The van der Waals surface area contributed by atoms with E-state index in [4.69, 9.17) is 0 Å². The normalized spacial score (nSPS) is 10.7. The smallest absolute Gasteiger partial charge is 0.331 e. The van der Waals surface area contributed by atoms with Gasteiger partial charge in [0, 0.05) is 5.57 Å². The van der Waals surface area contributed by atoms with Gasteiger partial charge >= 0.3 is 5.97 Å². The second-order valence-electron chi connectivity index (χ2n) is 6.57. The van der Waals surface area contributed by atoms with Crippen LogP contribution >= 0.6 is 0 Å². The molecule has 0 spiro atoms. The molecular formula is C20H38O2. The molecule has 0 saturated heterocycles. The number of rotatable bonds is 15. The van der Waals surface area contributed by atoms with Crippen LogP contribution in [-0.2, 0) is 4.79 Å². The maximum atomic E-state index is 11.2. The predicted molar refractivity (Wildman–Crippen MR) is 96.3 cm³/mol. The summed E-state index contributed by atoms with van der Waals surface area (Å²) in [6.45, 7) is 6.25. The molecule has 2 heteroatoms. The Balaban J connectivity index is 4.02. The molecule has 2 nitrogen and oxygen atoms in total. The molecule has 0 atom stereocenters. The third kappa shape index (κ3) is 11.8. The fraction of sp³-hybridized carbons (Fsp3) is 0.850. The van der Waals surface area contributed by atoms with Crippen molar-refractivity contribution in [2.75, 3.05) is 0 Å². The lowest BCUT2D eigenvalue weighted by atomic mass is 9.96. The Morgan fingerprint density at radius 2 is 1.05 bits per heavy atom. The lowest BCUT2D eigenvalue weighted by molar-refractivity contribution is -0.132. The van der Waals surface area contributed by atoms with E-state index in [0.29, 0.717) is 5.57 Å². The average molecular weight is 311 g/mol. The molecule has 0 aliphatic heterocycles. The quantitative estimate of drug-likeness (QED) is 0.264. The molecule has 0 aromatic rings. The summed E-state index contributed by atoms with van der Waals surface area (Å²) in [5, 5.41) is 9.24. The zero-order valence-corrected chi connectivity index (χ0v) is 15.3. The molecule has 0 radical (unpaired) electrons. The second-order valence-corrected chi connectivity index (χ2v) is 6.57. The Kier molecular flexibility index (Phi) is 14.6. The van der Waals surface area contributed by atoms with Gasteiger partial charge in [0.05, 0.1) is 0 Å². The van der Waals surface area contributed by atoms with E-state index < -0.39 is 5.97 Å². The lowest BCUT2D eigenvalue weighted by Gasteiger charge is -2.10. The molecule has 0 bridgehead atoms. The van der Waals surface area contributed by atoms with Crippen LogP contribution in [0.2, 0.25) is 0 Å². The molecule has 0 aromatic carbocycles. The Bertz CT molecular complexity index is 287. The summed E-state index contributed by atoms with van der Waals surface area (Å²) >= 11 is 0. The van der Waals surface area contributed by atoms with E-state index in [1.807, 2.05) is 0 Å². The molecule has 0 amide bonds. The van der Waals surface area contributed by atoms with E-state index in [2.05, 4.69) is 13.8 Å². The van der Waals surface area contributed by atoms with E-state index in [1.54, 1.807) is 6.92 Å². The average Bonchev–Trinajstić information content (AvgIpc) is 2.51. The summed E-state index contributed by atoms with van der Waals surface area (Å²) in [6.07, 6.45) is 17.2. The highest BCUT2D eigenvalue weighted by Gasteiger charge is 2.09. The first-order valence-electron chi connectivity index (χ1n) is 9.55. The van der Waals surface area contributed by atoms with Crippen molar-refractivity contribution >= 4 is 5.97 Å². The largest absolute Gasteiger partial charge is 0.478 e. The van der Waals surface area contributed by atoms with Gasteiger partial charge in [0.1, 0.15) is 0 Å². The summed E-state index contributed by atoms with van der Waals surface area (Å²) in [5.41, 5.74) is 1.79. The summed E-state index contributed by atoms with van der Waals surface area (Å²) in [5.74, 6) is -0.730. The molecule has 0 heterocycles. The number of hydrogen-bond acceptors (Lipinski definition) is 1. The molecule has 0 aliphatic carbocycles. The highest BCUT2D eigenvalue weighted by molar-refractivity contribution is 5.86. The Hall–Kier alpha value is -0.790. The van der Waals surface area contributed by atoms with Gasteiger partial charge in [-0.1, -0.05) is 83.6 Å². The fourth-order valence-corrected chi connectivity index (χ4v) is 2.89. The zero-order valence-electron chi connectivity index (χ0n) is 15.3. The first-order chi connectivity index (χ1) is 10.6. The number of hydrogen-bond donors (Lipinski definition) is 1. The SMILES string of the molecule is CCCCCCCCC(CCCCCCCC)=C(C)C(=O)O. The molecule has 0 aliphatic rings. The number of aliphatic carboxylic acids is 1. The molecule has 0 saturated carbocycles. The Labute approximate surface area is 138 Å². The minimum atomic E-state index is -0.730. The summed E-state index contributed by atoms with van der Waals surface area (Å²) in [4.78, 5) is 11.2. The van der Waals surface area contributed by atoms with Gasteiger partial charge in [-0.3, -0.25) is 0 Å². The van der Waals surface area contributed by atoms with Crippen LogP contribution in [0.4, 0.5) is 0 Å². The van der Waals surface area contributed by atoms with Crippen LogP contribution in [0.1, 0.15) is 111 Å². The number of carbonyl (C=O) groups is 1. The third-order valence-electron chi connectivity index (χ3n) is 4.52. The summed E-state index contributed by atoms with van der Waals surface area (Å²) in [7, 11) is 0. The standard InChI is InChI=1S/C20H38O2/c1-4-6-8-10-12-14-16-19(18(3)20(21)22)17-15-13-11-9-7-5-2/h4-17H2,1-3H3,(H,21,22). The maximum Gasteiger partial charge on any atom is 0.331 e. The van der Waals surface area contributed by atoms with Gasteiger partial charge in [0.25, 0.3) is 0 Å². The monoisotopic (exact) mass is 310 g/mol. The lowest BCUT2D eigenvalue weighted by Crippen LogP contribution is -2.02. The van der Waals surface area contributed by atoms with Crippen molar-refractivity contribution in [2.24, 2.45) is 0 Å². The van der Waals surface area contributed by atoms with Gasteiger partial charge in [-0.05, 0) is 32.6 Å². The molecule has 0 unspecified atom stereocenters. The van der Waals surface area contributed by atoms with Crippen molar-refractivity contribution in [3.63, 3.8) is 0 Å². The van der Waals surface area contributed by atoms with Crippen LogP contribution in [0.3, 0.4) is 0 Å². The van der Waals surface area contributed by atoms with Gasteiger partial charge in [-0.15, -0.1) is 0 Å². The maximum absolute atomic E-state index is 11.2. The predicted octanol–water partition coefficient (Wildman–Crippen LogP) is 6.89. The molecule has 22 heavy (non-hydrogen) atoms. The number of carboxylic acids is 1. The van der Waals surface area contributed by atoms with Gasteiger partial charge in [0.15, 0.2) is 0 Å². The molecule has 130 valence electrons. The van der Waals surface area contributed by atoms with Crippen molar-refractivity contribution in [3.8, 4) is 0 Å². The molecule has 0 rings (SSSR count). The van der Waals surface area contributed by atoms with Crippen LogP contribution in [0.5, 0.6) is 0 Å². The van der Waals surface area contributed by atoms with Gasteiger partial charge in [-0.25, -0.2) is 4.79 Å². The summed E-state index contributed by atoms with van der Waals surface area (Å²) < 4.78 is 0. The minimum absolute atomic E-state index is 0.599. The van der Waals surface area contributed by atoms with E-state index in [0.717, 1.165) is 25.7 Å². The third-order valence-corrected chi connectivity index (χ3v) is 4.52. The highest BCUT2D eigenvalue weighted by atomic mass is 16.4. The molecule has 0 aromatic heterocycles. The Morgan fingerprint density at radius 1 is 0.682 bits per heavy atom. The van der Waals surface area contributed by atoms with Crippen LogP contribution < -0.4 is 0 Å². The summed E-state index contributed by atoms with van der Waals surface area (Å²) in [6, 6.07) is 0. The highest BCUT2D eigenvalue weighted by Crippen LogP contribution is 2.21. The first-order valence-corrected chi connectivity index (χ1v) is 9.55. The van der Waals surface area contributed by atoms with E-state index in [9.17, 15) is 9.90 Å². The Morgan fingerprint density at radius 3 is 1.41 bits per heavy atom. The molecular weight excluding hydrogens is 272 g/mol. The van der Waals surface area contributed by atoms with Crippen molar-refractivity contribution < 1.29 is 9.90 Å². The molecule has 1 N–H and O–H groups in total. The van der Waals surface area contributed by atoms with Crippen LogP contribution in [-0.4, -0.2) is 11.1 Å². The van der Waals surface area contributed by atoms with Crippen molar-refractivity contribution in [3.05, 3.63) is 11.1 Å². The fourth-order valence-electron chi connectivity index (χ4n) is 2.89. The van der Waals surface area contributed by atoms with Crippen molar-refractivity contribution in [2.45, 2.75) is 111 Å². The van der Waals surface area contributed by atoms with E-state index in [1.165, 1.54) is 69.8 Å². The van der Waals surface area contributed by atoms with E-state index in [-0.39, 0.29) is 0 Å². The van der Waals surface area contributed by atoms with Crippen LogP contribution in [0.25, 0.3) is 0 Å². The number of unbranched alkanes of at least 4 members (excludes halogenated alkanes) is 10. The van der Waals surface area contributed by atoms with Crippen LogP contribution in [0.15, 0.2) is 11.1 Å².